The van der Waals surface area contributed by atoms with E-state index in [0.29, 0.717) is 19.1 Å². The van der Waals surface area contributed by atoms with Gasteiger partial charge in [-0.15, -0.1) is 0 Å². The second kappa shape index (κ2) is 12.5. The molecule has 0 saturated carbocycles. The fourth-order valence-electron chi connectivity index (χ4n) is 2.48. The number of rotatable bonds is 11. The van der Waals surface area contributed by atoms with Crippen molar-refractivity contribution in [3.05, 3.63) is 71.0 Å². The number of hydrogen-bond acceptors (Lipinski definition) is 4. The van der Waals surface area contributed by atoms with Crippen LogP contribution >= 0.6 is 0 Å². The molecule has 0 atom stereocenters. The first-order chi connectivity index (χ1) is 14.2. The van der Waals surface area contributed by atoms with Gasteiger partial charge in [0.2, 0.25) is 0 Å². The van der Waals surface area contributed by atoms with Crippen molar-refractivity contribution in [1.29, 1.82) is 0 Å². The first-order valence-corrected chi connectivity index (χ1v) is 10.1. The summed E-state index contributed by atoms with van der Waals surface area (Å²) >= 11 is 0. The second-order valence-corrected chi connectivity index (χ2v) is 7.52. The first-order valence-electron chi connectivity index (χ1n) is 10.1. The lowest BCUT2D eigenvalue weighted by Crippen LogP contribution is -2.06. The summed E-state index contributed by atoms with van der Waals surface area (Å²) in [7, 11) is 0. The second-order valence-electron chi connectivity index (χ2n) is 7.52. The third-order valence-electron chi connectivity index (χ3n) is 4.25. The van der Waals surface area contributed by atoms with Crippen LogP contribution in [0.1, 0.15) is 46.6 Å². The zero-order valence-corrected chi connectivity index (χ0v) is 18.6. The number of aliphatic imine (C=N–C) groups is 1. The minimum absolute atomic E-state index is 0.234. The predicted octanol–water partition coefficient (Wildman–Crippen LogP) is 6.00. The standard InChI is InChI=1S/C25H33NO4/c1-7-12-26-15-22(25(28)29)23(27)14-19(5)18(4)13-20(6)21-10-8-9-11-24(21)30-16-17(2)3/h8-11,13-15,17,27H,6-7,12,16H2,1-5H3,(H,28,29)/b18-13+,19-14+,23-22-,26-15?. The Balaban J connectivity index is 3.14. The van der Waals surface area contributed by atoms with Gasteiger partial charge in [0.1, 0.15) is 17.1 Å². The van der Waals surface area contributed by atoms with Crippen LogP contribution in [0, 0.1) is 5.92 Å². The Kier molecular flexibility index (Phi) is 10.4. The molecular formula is C25H33NO4. The molecule has 0 fully saturated rings. The number of allylic oxidation sites excluding steroid dienone is 5. The fourth-order valence-corrected chi connectivity index (χ4v) is 2.48. The van der Waals surface area contributed by atoms with E-state index >= 15 is 0 Å². The molecule has 0 amide bonds. The Morgan fingerprint density at radius 2 is 1.80 bits per heavy atom. The number of ether oxygens (including phenoxy) is 1. The van der Waals surface area contributed by atoms with Gasteiger partial charge in [0, 0.05) is 18.3 Å². The number of aliphatic carboxylic acids is 1. The van der Waals surface area contributed by atoms with Crippen LogP contribution in [0.2, 0.25) is 0 Å². The molecular weight excluding hydrogens is 378 g/mol. The molecule has 1 aromatic rings. The molecule has 0 radical (unpaired) electrons. The van der Waals surface area contributed by atoms with E-state index in [0.717, 1.165) is 34.5 Å². The summed E-state index contributed by atoms with van der Waals surface area (Å²) in [5, 5.41) is 19.6. The highest BCUT2D eigenvalue weighted by Gasteiger charge is 2.11. The third kappa shape index (κ3) is 8.11. The SMILES string of the molecule is C=C(/C=C(C)/C(C)=C/C(O)=C(\C=NCCC)C(=O)O)c1ccccc1OCC(C)C. The van der Waals surface area contributed by atoms with E-state index in [1.807, 2.05) is 44.2 Å². The van der Waals surface area contributed by atoms with Crippen molar-refractivity contribution in [2.75, 3.05) is 13.2 Å². The van der Waals surface area contributed by atoms with Gasteiger partial charge in [0.25, 0.3) is 0 Å². The summed E-state index contributed by atoms with van der Waals surface area (Å²) in [5.74, 6) is -0.379. The average molecular weight is 412 g/mol. The van der Waals surface area contributed by atoms with Gasteiger partial charge in [-0.1, -0.05) is 51.6 Å². The molecule has 0 aromatic heterocycles. The van der Waals surface area contributed by atoms with Crippen LogP contribution in [0.3, 0.4) is 0 Å². The summed E-state index contributed by atoms with van der Waals surface area (Å²) < 4.78 is 5.90. The van der Waals surface area contributed by atoms with Crippen LogP contribution in [-0.4, -0.2) is 35.5 Å². The van der Waals surface area contributed by atoms with Crippen LogP contribution < -0.4 is 4.74 Å². The minimum atomic E-state index is -1.22. The Morgan fingerprint density at radius 3 is 2.40 bits per heavy atom. The van der Waals surface area contributed by atoms with E-state index in [9.17, 15) is 15.0 Å². The molecule has 0 aliphatic heterocycles. The van der Waals surface area contributed by atoms with Gasteiger partial charge < -0.3 is 14.9 Å². The molecule has 1 aromatic carbocycles. The van der Waals surface area contributed by atoms with Gasteiger partial charge in [-0.3, -0.25) is 4.99 Å². The molecule has 2 N–H and O–H groups in total. The monoisotopic (exact) mass is 411 g/mol. The number of hydrogen-bond donors (Lipinski definition) is 2. The first kappa shape index (κ1) is 25.0. The van der Waals surface area contributed by atoms with Gasteiger partial charge in [0.15, 0.2) is 0 Å². The van der Waals surface area contributed by atoms with Crippen molar-refractivity contribution < 1.29 is 19.7 Å². The van der Waals surface area contributed by atoms with Gasteiger partial charge in [-0.05, 0) is 55.0 Å². The van der Waals surface area contributed by atoms with E-state index < -0.39 is 5.97 Å². The number of carbonyl (C=O) groups is 1. The molecule has 0 saturated heterocycles. The van der Waals surface area contributed by atoms with Crippen molar-refractivity contribution in [3.63, 3.8) is 0 Å². The quantitative estimate of drug-likeness (QED) is 0.202. The normalized spacial score (nSPS) is 13.5. The molecule has 30 heavy (non-hydrogen) atoms. The van der Waals surface area contributed by atoms with E-state index in [-0.39, 0.29) is 11.3 Å². The topological polar surface area (TPSA) is 79.1 Å². The highest BCUT2D eigenvalue weighted by Crippen LogP contribution is 2.28. The molecule has 0 aliphatic carbocycles. The molecule has 0 aliphatic rings. The smallest absolute Gasteiger partial charge is 0.341 e. The molecule has 1 rings (SSSR count). The Morgan fingerprint density at radius 1 is 1.17 bits per heavy atom. The minimum Gasteiger partial charge on any atom is -0.507 e. The van der Waals surface area contributed by atoms with Crippen molar-refractivity contribution in [2.45, 2.75) is 41.0 Å². The predicted molar refractivity (Wildman–Crippen MR) is 124 cm³/mol. The number of benzene rings is 1. The molecule has 5 nitrogen and oxygen atoms in total. The van der Waals surface area contributed by atoms with E-state index in [1.165, 1.54) is 12.3 Å². The molecule has 0 bridgehead atoms. The van der Waals surface area contributed by atoms with E-state index in [4.69, 9.17) is 4.74 Å². The lowest BCUT2D eigenvalue weighted by Gasteiger charge is -2.14. The largest absolute Gasteiger partial charge is 0.507 e. The molecule has 5 heteroatoms. The number of nitrogens with zero attached hydrogens (tertiary/aromatic N) is 1. The zero-order valence-electron chi connectivity index (χ0n) is 18.6. The lowest BCUT2D eigenvalue weighted by atomic mass is 10.00. The summed E-state index contributed by atoms with van der Waals surface area (Å²) in [6.07, 6.45) is 5.32. The lowest BCUT2D eigenvalue weighted by molar-refractivity contribution is -0.132. The van der Waals surface area contributed by atoms with E-state index in [1.54, 1.807) is 6.92 Å². The maximum absolute atomic E-state index is 11.4. The zero-order chi connectivity index (χ0) is 22.7. The van der Waals surface area contributed by atoms with Crippen LogP contribution in [0.25, 0.3) is 5.57 Å². The van der Waals surface area contributed by atoms with Crippen LogP contribution in [0.5, 0.6) is 5.75 Å². The van der Waals surface area contributed by atoms with Crippen LogP contribution in [-0.2, 0) is 4.79 Å². The van der Waals surface area contributed by atoms with Gasteiger partial charge in [-0.25, -0.2) is 4.79 Å². The van der Waals surface area contributed by atoms with Gasteiger partial charge in [0.05, 0.1) is 6.61 Å². The number of para-hydroxylation sites is 1. The number of carboxylic acids is 1. The Bertz CT molecular complexity index is 873. The molecule has 0 spiro atoms. The van der Waals surface area contributed by atoms with E-state index in [2.05, 4.69) is 25.4 Å². The van der Waals surface area contributed by atoms with Crippen molar-refractivity contribution in [1.82, 2.24) is 0 Å². The summed E-state index contributed by atoms with van der Waals surface area (Å²) in [4.78, 5) is 15.4. The summed E-state index contributed by atoms with van der Waals surface area (Å²) in [6, 6.07) is 7.71. The highest BCUT2D eigenvalue weighted by molar-refractivity contribution is 6.09. The maximum atomic E-state index is 11.4. The molecule has 0 heterocycles. The van der Waals surface area contributed by atoms with Gasteiger partial charge >= 0.3 is 5.97 Å². The van der Waals surface area contributed by atoms with Crippen molar-refractivity contribution in [2.24, 2.45) is 10.9 Å². The average Bonchev–Trinajstić information content (AvgIpc) is 2.69. The Hall–Kier alpha value is -3.08. The van der Waals surface area contributed by atoms with Crippen LogP contribution in [0.15, 0.2) is 70.5 Å². The summed E-state index contributed by atoms with van der Waals surface area (Å²) in [6.45, 7) is 15.1. The molecule has 0 unspecified atom stereocenters. The van der Waals surface area contributed by atoms with Crippen LogP contribution in [0.4, 0.5) is 0 Å². The number of carboxylic acid groups (broad SMARTS) is 1. The number of aliphatic hydroxyl groups excluding tert-OH is 1. The third-order valence-corrected chi connectivity index (χ3v) is 4.25. The fraction of sp³-hybridized carbons (Fsp3) is 0.360. The summed E-state index contributed by atoms with van der Waals surface area (Å²) in [5.41, 5.74) is 2.99. The van der Waals surface area contributed by atoms with Gasteiger partial charge in [-0.2, -0.15) is 0 Å². The van der Waals surface area contributed by atoms with Crippen molar-refractivity contribution in [3.8, 4) is 5.75 Å². The number of aliphatic hydroxyl groups is 1. The van der Waals surface area contributed by atoms with Crippen molar-refractivity contribution >= 4 is 17.8 Å². The Labute approximate surface area is 179 Å². The highest BCUT2D eigenvalue weighted by atomic mass is 16.5. The molecule has 162 valence electrons. The maximum Gasteiger partial charge on any atom is 0.341 e.